The largest absolute Gasteiger partial charge is 0.399 e. The maximum atomic E-state index is 5.93. The first-order chi connectivity index (χ1) is 13.7. The molecule has 0 bridgehead atoms. The van der Waals surface area contributed by atoms with Crippen molar-refractivity contribution >= 4 is 34.1 Å². The van der Waals surface area contributed by atoms with Crippen molar-refractivity contribution in [2.45, 2.75) is 0 Å². The SMILES string of the molecule is Nc1ccc(N(c2ccccc2)N(c2ccccc2)c2ccc(N)cc2)cc1. The van der Waals surface area contributed by atoms with Crippen molar-refractivity contribution in [1.29, 1.82) is 0 Å². The van der Waals surface area contributed by atoms with Crippen LogP contribution in [0.3, 0.4) is 0 Å². The molecule has 4 aromatic carbocycles. The fraction of sp³-hybridized carbons (Fsp3) is 0. The Morgan fingerprint density at radius 2 is 0.643 bits per heavy atom. The fourth-order valence-corrected chi connectivity index (χ4v) is 3.13. The van der Waals surface area contributed by atoms with Crippen LogP contribution in [0, 0.1) is 0 Å². The molecule has 0 fully saturated rings. The normalized spacial score (nSPS) is 10.4. The Bertz CT molecular complexity index is 927. The lowest BCUT2D eigenvalue weighted by Crippen LogP contribution is -2.35. The van der Waals surface area contributed by atoms with Crippen LogP contribution >= 0.6 is 0 Å². The lowest BCUT2D eigenvalue weighted by molar-refractivity contribution is 0.990. The van der Waals surface area contributed by atoms with Crippen molar-refractivity contribution < 1.29 is 0 Å². The molecule has 0 atom stereocenters. The van der Waals surface area contributed by atoms with Gasteiger partial charge in [0.25, 0.3) is 0 Å². The van der Waals surface area contributed by atoms with Crippen LogP contribution in [-0.2, 0) is 0 Å². The number of hydrogen-bond donors (Lipinski definition) is 2. The van der Waals surface area contributed by atoms with E-state index in [4.69, 9.17) is 11.5 Å². The Balaban J connectivity index is 1.93. The monoisotopic (exact) mass is 366 g/mol. The molecule has 0 unspecified atom stereocenters. The van der Waals surface area contributed by atoms with E-state index < -0.39 is 0 Å². The highest BCUT2D eigenvalue weighted by atomic mass is 15.6. The summed E-state index contributed by atoms with van der Waals surface area (Å²) in [5, 5.41) is 4.33. The smallest absolute Gasteiger partial charge is 0.0638 e. The van der Waals surface area contributed by atoms with E-state index in [2.05, 4.69) is 34.3 Å². The molecule has 0 aliphatic rings. The first-order valence-electron chi connectivity index (χ1n) is 9.14. The lowest BCUT2D eigenvalue weighted by atomic mass is 10.2. The average molecular weight is 366 g/mol. The Labute approximate surface area is 165 Å². The van der Waals surface area contributed by atoms with Crippen LogP contribution < -0.4 is 21.5 Å². The van der Waals surface area contributed by atoms with Gasteiger partial charge in [-0.15, -0.1) is 0 Å². The van der Waals surface area contributed by atoms with Crippen molar-refractivity contribution in [3.8, 4) is 0 Å². The zero-order chi connectivity index (χ0) is 19.3. The van der Waals surface area contributed by atoms with Gasteiger partial charge in [-0.3, -0.25) is 0 Å². The first-order valence-corrected chi connectivity index (χ1v) is 9.14. The van der Waals surface area contributed by atoms with Gasteiger partial charge in [0.05, 0.1) is 22.7 Å². The predicted molar refractivity (Wildman–Crippen MR) is 119 cm³/mol. The average Bonchev–Trinajstić information content (AvgIpc) is 2.75. The highest BCUT2D eigenvalue weighted by molar-refractivity contribution is 5.78. The minimum Gasteiger partial charge on any atom is -0.399 e. The third kappa shape index (κ3) is 3.62. The second-order valence-corrected chi connectivity index (χ2v) is 6.48. The summed E-state index contributed by atoms with van der Waals surface area (Å²) in [6.45, 7) is 0. The van der Waals surface area contributed by atoms with Crippen LogP contribution in [0.5, 0.6) is 0 Å². The molecule has 0 amide bonds. The zero-order valence-electron chi connectivity index (χ0n) is 15.4. The van der Waals surface area contributed by atoms with Gasteiger partial charge in [-0.2, -0.15) is 0 Å². The molecule has 4 rings (SSSR count). The predicted octanol–water partition coefficient (Wildman–Crippen LogP) is 5.74. The number of nitrogens with zero attached hydrogens (tertiary/aromatic N) is 2. The van der Waals surface area contributed by atoms with Crippen LogP contribution in [0.15, 0.2) is 109 Å². The van der Waals surface area contributed by atoms with Crippen molar-refractivity contribution in [3.63, 3.8) is 0 Å². The van der Waals surface area contributed by atoms with Crippen LogP contribution in [0.25, 0.3) is 0 Å². The summed E-state index contributed by atoms with van der Waals surface area (Å²) >= 11 is 0. The number of nitrogen functional groups attached to an aromatic ring is 2. The van der Waals surface area contributed by atoms with Gasteiger partial charge in [0, 0.05) is 11.4 Å². The van der Waals surface area contributed by atoms with Crippen LogP contribution in [0.2, 0.25) is 0 Å². The van der Waals surface area contributed by atoms with Crippen molar-refractivity contribution in [2.75, 3.05) is 21.5 Å². The molecular formula is C24H22N4. The van der Waals surface area contributed by atoms with Crippen LogP contribution in [0.4, 0.5) is 34.1 Å². The molecule has 4 heteroatoms. The third-order valence-corrected chi connectivity index (χ3v) is 4.48. The molecule has 0 aliphatic carbocycles. The molecule has 4 N–H and O–H groups in total. The van der Waals surface area contributed by atoms with E-state index in [1.165, 1.54) is 0 Å². The molecule has 0 radical (unpaired) electrons. The molecular weight excluding hydrogens is 344 g/mol. The van der Waals surface area contributed by atoms with Crippen LogP contribution in [0.1, 0.15) is 0 Å². The number of benzene rings is 4. The molecule has 138 valence electrons. The highest BCUT2D eigenvalue weighted by Crippen LogP contribution is 2.36. The molecule has 0 heterocycles. The van der Waals surface area contributed by atoms with E-state index in [1.54, 1.807) is 0 Å². The van der Waals surface area contributed by atoms with Gasteiger partial charge in [0.1, 0.15) is 0 Å². The van der Waals surface area contributed by atoms with E-state index in [9.17, 15) is 0 Å². The van der Waals surface area contributed by atoms with Gasteiger partial charge in [-0.25, -0.2) is 10.0 Å². The van der Waals surface area contributed by atoms with Gasteiger partial charge in [-0.1, -0.05) is 36.4 Å². The number of hydrazine groups is 1. The molecule has 28 heavy (non-hydrogen) atoms. The first kappa shape index (κ1) is 17.5. The topological polar surface area (TPSA) is 58.5 Å². The summed E-state index contributed by atoms with van der Waals surface area (Å²) in [5.41, 5.74) is 17.4. The zero-order valence-corrected chi connectivity index (χ0v) is 15.4. The third-order valence-electron chi connectivity index (χ3n) is 4.48. The summed E-state index contributed by atoms with van der Waals surface area (Å²) in [4.78, 5) is 0. The minimum absolute atomic E-state index is 0.732. The van der Waals surface area contributed by atoms with Crippen molar-refractivity contribution in [3.05, 3.63) is 109 Å². The fourth-order valence-electron chi connectivity index (χ4n) is 3.13. The second-order valence-electron chi connectivity index (χ2n) is 6.48. The van der Waals surface area contributed by atoms with Crippen molar-refractivity contribution in [2.24, 2.45) is 0 Å². The second kappa shape index (κ2) is 7.76. The number of para-hydroxylation sites is 2. The summed E-state index contributed by atoms with van der Waals surface area (Å²) in [6.07, 6.45) is 0. The maximum absolute atomic E-state index is 5.93. The summed E-state index contributed by atoms with van der Waals surface area (Å²) in [5.74, 6) is 0. The number of anilines is 6. The Morgan fingerprint density at radius 1 is 0.357 bits per heavy atom. The van der Waals surface area contributed by atoms with E-state index >= 15 is 0 Å². The Kier molecular flexibility index (Phi) is 4.85. The molecule has 0 spiro atoms. The van der Waals surface area contributed by atoms with E-state index in [0.29, 0.717) is 0 Å². The van der Waals surface area contributed by atoms with Gasteiger partial charge in [-0.05, 0) is 72.8 Å². The van der Waals surface area contributed by atoms with Gasteiger partial charge < -0.3 is 11.5 Å². The Hall–Kier alpha value is -3.92. The standard InChI is InChI=1S/C24H22N4/c25-19-11-15-23(16-12-19)27(21-7-3-1-4-8-21)28(22-9-5-2-6-10-22)24-17-13-20(26)14-18-24/h1-18H,25-26H2. The maximum Gasteiger partial charge on any atom is 0.0638 e. The molecule has 0 saturated carbocycles. The van der Waals surface area contributed by atoms with Gasteiger partial charge >= 0.3 is 0 Å². The summed E-state index contributed by atoms with van der Waals surface area (Å²) in [6, 6.07) is 36.3. The Morgan fingerprint density at radius 3 is 0.964 bits per heavy atom. The molecule has 4 nitrogen and oxygen atoms in total. The van der Waals surface area contributed by atoms with Crippen LogP contribution in [-0.4, -0.2) is 0 Å². The lowest BCUT2D eigenvalue weighted by Gasteiger charge is -2.38. The molecule has 0 aromatic heterocycles. The molecule has 4 aromatic rings. The quantitative estimate of drug-likeness (QED) is 0.349. The highest BCUT2D eigenvalue weighted by Gasteiger charge is 2.21. The van der Waals surface area contributed by atoms with Gasteiger partial charge in [0.15, 0.2) is 0 Å². The molecule has 0 saturated heterocycles. The van der Waals surface area contributed by atoms with E-state index in [-0.39, 0.29) is 0 Å². The summed E-state index contributed by atoms with van der Waals surface area (Å²) < 4.78 is 0. The molecule has 0 aliphatic heterocycles. The minimum atomic E-state index is 0.732. The van der Waals surface area contributed by atoms with E-state index in [1.807, 2.05) is 84.9 Å². The van der Waals surface area contributed by atoms with Gasteiger partial charge in [0.2, 0.25) is 0 Å². The number of nitrogens with two attached hydrogens (primary N) is 2. The summed E-state index contributed by atoms with van der Waals surface area (Å²) in [7, 11) is 0. The number of hydrogen-bond acceptors (Lipinski definition) is 4. The van der Waals surface area contributed by atoms with E-state index in [0.717, 1.165) is 34.1 Å². The van der Waals surface area contributed by atoms with Crippen molar-refractivity contribution in [1.82, 2.24) is 0 Å². The number of rotatable bonds is 5.